The molecule has 0 bridgehead atoms. The highest BCUT2D eigenvalue weighted by molar-refractivity contribution is 5.77. The first kappa shape index (κ1) is 17.9. The Morgan fingerprint density at radius 3 is 2.62 bits per heavy atom. The number of aryl methyl sites for hydroxylation is 1. The number of carbonyl (C=O) groups excluding carboxylic acids is 1. The van der Waals surface area contributed by atoms with E-state index in [1.807, 2.05) is 74.0 Å². The van der Waals surface area contributed by atoms with Gasteiger partial charge in [-0.15, -0.1) is 0 Å². The van der Waals surface area contributed by atoms with Gasteiger partial charge in [0.2, 0.25) is 5.91 Å². The first-order valence-electron chi connectivity index (χ1n) is 8.56. The molecule has 0 unspecified atom stereocenters. The zero-order valence-electron chi connectivity index (χ0n) is 15.0. The van der Waals surface area contributed by atoms with Gasteiger partial charge in [-0.1, -0.05) is 48.5 Å². The summed E-state index contributed by atoms with van der Waals surface area (Å²) in [4.78, 5) is 12.3. The van der Waals surface area contributed by atoms with Crippen LogP contribution in [0.5, 0.6) is 0 Å². The molecule has 0 aliphatic rings. The standard InChI is InChI=1S/C21H23N3O2/c1-21(26,19-9-4-3-5-10-19)12-20(25)22-13-16-7-6-8-17(11-16)18-14-23-24(2)15-18/h3-11,14-15,26H,12-13H2,1-2H3,(H,22,25)/t21-/m1/s1. The van der Waals surface area contributed by atoms with Crippen LogP contribution >= 0.6 is 0 Å². The van der Waals surface area contributed by atoms with Crippen LogP contribution < -0.4 is 5.32 Å². The minimum absolute atomic E-state index is 0.0132. The van der Waals surface area contributed by atoms with Gasteiger partial charge in [-0.05, 0) is 29.7 Å². The zero-order valence-corrected chi connectivity index (χ0v) is 15.0. The van der Waals surface area contributed by atoms with Crippen molar-refractivity contribution in [1.82, 2.24) is 15.1 Å². The van der Waals surface area contributed by atoms with E-state index in [1.54, 1.807) is 11.6 Å². The predicted molar refractivity (Wildman–Crippen MR) is 101 cm³/mol. The third kappa shape index (κ3) is 4.37. The van der Waals surface area contributed by atoms with Crippen LogP contribution in [0.25, 0.3) is 11.1 Å². The van der Waals surface area contributed by atoms with Gasteiger partial charge >= 0.3 is 0 Å². The summed E-state index contributed by atoms with van der Waals surface area (Å²) in [6.45, 7) is 2.07. The highest BCUT2D eigenvalue weighted by atomic mass is 16.3. The van der Waals surface area contributed by atoms with E-state index in [1.165, 1.54) is 0 Å². The fraction of sp³-hybridized carbons (Fsp3) is 0.238. The Balaban J connectivity index is 1.61. The van der Waals surface area contributed by atoms with Crippen molar-refractivity contribution in [2.24, 2.45) is 7.05 Å². The molecular formula is C21H23N3O2. The summed E-state index contributed by atoms with van der Waals surface area (Å²) in [6, 6.07) is 17.2. The second-order valence-corrected chi connectivity index (χ2v) is 6.70. The maximum absolute atomic E-state index is 12.3. The molecule has 1 aromatic heterocycles. The summed E-state index contributed by atoms with van der Waals surface area (Å²) in [6.07, 6.45) is 3.78. The Hall–Kier alpha value is -2.92. The molecule has 0 saturated carbocycles. The van der Waals surface area contributed by atoms with E-state index in [4.69, 9.17) is 0 Å². The van der Waals surface area contributed by atoms with Gasteiger partial charge in [0.15, 0.2) is 0 Å². The van der Waals surface area contributed by atoms with E-state index < -0.39 is 5.60 Å². The number of rotatable bonds is 6. The van der Waals surface area contributed by atoms with Gasteiger partial charge in [-0.2, -0.15) is 5.10 Å². The summed E-state index contributed by atoms with van der Waals surface area (Å²) >= 11 is 0. The third-order valence-electron chi connectivity index (χ3n) is 4.36. The van der Waals surface area contributed by atoms with Crippen LogP contribution in [-0.4, -0.2) is 20.8 Å². The highest BCUT2D eigenvalue weighted by Crippen LogP contribution is 2.24. The molecule has 26 heavy (non-hydrogen) atoms. The molecule has 2 N–H and O–H groups in total. The summed E-state index contributed by atoms with van der Waals surface area (Å²) in [5, 5.41) is 17.7. The van der Waals surface area contributed by atoms with Crippen LogP contribution in [0, 0.1) is 0 Å². The Kier molecular flexibility index (Phi) is 5.19. The number of amides is 1. The number of nitrogens with one attached hydrogen (secondary N) is 1. The second-order valence-electron chi connectivity index (χ2n) is 6.70. The van der Waals surface area contributed by atoms with Gasteiger partial charge in [0, 0.05) is 25.4 Å². The number of aromatic nitrogens is 2. The lowest BCUT2D eigenvalue weighted by atomic mass is 9.92. The third-order valence-corrected chi connectivity index (χ3v) is 4.36. The number of hydrogen-bond acceptors (Lipinski definition) is 3. The lowest BCUT2D eigenvalue weighted by Gasteiger charge is -2.23. The van der Waals surface area contributed by atoms with Gasteiger partial charge in [-0.25, -0.2) is 0 Å². The van der Waals surface area contributed by atoms with Gasteiger partial charge in [0.1, 0.15) is 0 Å². The van der Waals surface area contributed by atoms with Gasteiger partial charge < -0.3 is 10.4 Å². The average Bonchev–Trinajstić information content (AvgIpc) is 3.07. The molecule has 2 aromatic carbocycles. The Labute approximate surface area is 153 Å². The average molecular weight is 349 g/mol. The zero-order chi connectivity index (χ0) is 18.6. The van der Waals surface area contributed by atoms with Crippen LogP contribution in [0.4, 0.5) is 0 Å². The van der Waals surface area contributed by atoms with Gasteiger partial charge in [0.05, 0.1) is 18.2 Å². The second kappa shape index (κ2) is 7.54. The molecule has 0 radical (unpaired) electrons. The maximum atomic E-state index is 12.3. The minimum atomic E-state index is -1.19. The van der Waals surface area contributed by atoms with Crippen molar-refractivity contribution >= 4 is 5.91 Å². The Morgan fingerprint density at radius 1 is 1.15 bits per heavy atom. The normalized spacial score (nSPS) is 13.2. The molecule has 0 fully saturated rings. The van der Waals surface area contributed by atoms with E-state index in [2.05, 4.69) is 10.4 Å². The summed E-state index contributed by atoms with van der Waals surface area (Å²) in [5.41, 5.74) is 2.63. The number of benzene rings is 2. The minimum Gasteiger partial charge on any atom is -0.385 e. The quantitative estimate of drug-likeness (QED) is 0.719. The predicted octanol–water partition coefficient (Wildman–Crippen LogP) is 3.00. The molecule has 5 heteroatoms. The van der Waals surface area contributed by atoms with Crippen molar-refractivity contribution in [2.75, 3.05) is 0 Å². The Bertz CT molecular complexity index is 885. The molecule has 3 aromatic rings. The van der Waals surface area contributed by atoms with E-state index in [0.29, 0.717) is 6.54 Å². The number of hydrogen-bond donors (Lipinski definition) is 2. The first-order valence-corrected chi connectivity index (χ1v) is 8.56. The number of nitrogens with zero attached hydrogens (tertiary/aromatic N) is 2. The largest absolute Gasteiger partial charge is 0.385 e. The molecule has 1 heterocycles. The maximum Gasteiger partial charge on any atom is 0.223 e. The molecular weight excluding hydrogens is 326 g/mol. The summed E-state index contributed by atoms with van der Waals surface area (Å²) in [5.74, 6) is -0.189. The lowest BCUT2D eigenvalue weighted by molar-refractivity contribution is -0.126. The summed E-state index contributed by atoms with van der Waals surface area (Å²) < 4.78 is 1.76. The van der Waals surface area contributed by atoms with E-state index in [9.17, 15) is 9.90 Å². The molecule has 0 spiro atoms. The van der Waals surface area contributed by atoms with Gasteiger partial charge in [0.25, 0.3) is 0 Å². The van der Waals surface area contributed by atoms with Crippen LogP contribution in [0.2, 0.25) is 0 Å². The lowest BCUT2D eigenvalue weighted by Crippen LogP contribution is -2.32. The molecule has 3 rings (SSSR count). The first-order chi connectivity index (χ1) is 12.4. The van der Waals surface area contributed by atoms with Crippen molar-refractivity contribution in [3.63, 3.8) is 0 Å². The van der Waals surface area contributed by atoms with Crippen molar-refractivity contribution < 1.29 is 9.90 Å². The molecule has 1 atom stereocenters. The van der Waals surface area contributed by atoms with Crippen molar-refractivity contribution in [2.45, 2.75) is 25.5 Å². The molecule has 0 aliphatic carbocycles. The monoisotopic (exact) mass is 349 g/mol. The summed E-state index contributed by atoms with van der Waals surface area (Å²) in [7, 11) is 1.88. The smallest absolute Gasteiger partial charge is 0.223 e. The Morgan fingerprint density at radius 2 is 1.92 bits per heavy atom. The molecule has 134 valence electrons. The van der Waals surface area contributed by atoms with Crippen LogP contribution in [0.1, 0.15) is 24.5 Å². The fourth-order valence-electron chi connectivity index (χ4n) is 2.91. The molecule has 1 amide bonds. The van der Waals surface area contributed by atoms with Crippen molar-refractivity contribution in [1.29, 1.82) is 0 Å². The molecule has 0 aliphatic heterocycles. The molecule has 0 saturated heterocycles. The van der Waals surface area contributed by atoms with Gasteiger partial charge in [-0.3, -0.25) is 9.48 Å². The van der Waals surface area contributed by atoms with Crippen molar-refractivity contribution in [3.05, 3.63) is 78.1 Å². The molecule has 5 nitrogen and oxygen atoms in total. The number of aliphatic hydroxyl groups is 1. The van der Waals surface area contributed by atoms with Crippen LogP contribution in [0.3, 0.4) is 0 Å². The SMILES string of the molecule is Cn1cc(-c2cccc(CNC(=O)C[C@@](C)(O)c3ccccc3)c2)cn1. The van der Waals surface area contributed by atoms with Crippen molar-refractivity contribution in [3.8, 4) is 11.1 Å². The fourth-order valence-corrected chi connectivity index (χ4v) is 2.91. The van der Waals surface area contributed by atoms with E-state index in [-0.39, 0.29) is 12.3 Å². The van der Waals surface area contributed by atoms with E-state index in [0.717, 1.165) is 22.3 Å². The van der Waals surface area contributed by atoms with Crippen LogP contribution in [-0.2, 0) is 24.0 Å². The van der Waals surface area contributed by atoms with Crippen LogP contribution in [0.15, 0.2) is 67.0 Å². The van der Waals surface area contributed by atoms with E-state index >= 15 is 0 Å². The highest BCUT2D eigenvalue weighted by Gasteiger charge is 2.26. The topological polar surface area (TPSA) is 67.2 Å². The number of carbonyl (C=O) groups is 1.